The number of nitrogens with zero attached hydrogens (tertiary/aromatic N) is 11. The number of nitriles is 1. The summed E-state index contributed by atoms with van der Waals surface area (Å²) in [5.41, 5.74) is 19.5. The number of thiophene rings is 2. The van der Waals surface area contributed by atoms with Crippen LogP contribution in [0, 0.1) is 17.9 Å². The second-order valence-electron chi connectivity index (χ2n) is 36.6. The first kappa shape index (κ1) is 72.6. The summed E-state index contributed by atoms with van der Waals surface area (Å²) in [6, 6.07) is 125. The van der Waals surface area contributed by atoms with Crippen LogP contribution in [-0.2, 0) is 5.41 Å². The smallest absolute Gasteiger partial charge is 0.197 e. The molecular formula is C129H77N11OS2. The summed E-state index contributed by atoms with van der Waals surface area (Å²) in [5, 5.41) is 29.5. The Morgan fingerprint density at radius 3 is 1.37 bits per heavy atom. The van der Waals surface area contributed by atoms with Crippen molar-refractivity contribution in [2.75, 3.05) is 0 Å². The Bertz CT molecular complexity index is 11200. The number of furan rings is 1. The molecule has 0 aliphatic heterocycles. The monoisotopic (exact) mass is 1870 g/mol. The van der Waals surface area contributed by atoms with E-state index < -0.39 is 29.6 Å². The molecule has 9 heterocycles. The Morgan fingerprint density at radius 1 is 0.322 bits per heavy atom. The van der Waals surface area contributed by atoms with E-state index in [2.05, 4.69) is 281 Å². The van der Waals surface area contributed by atoms with Crippen molar-refractivity contribution in [1.82, 2.24) is 43.6 Å². The van der Waals surface area contributed by atoms with Crippen LogP contribution >= 0.6 is 22.7 Å². The number of hydrogen-bond acceptors (Lipinski definition) is 10. The molecular weight excluding hydrogens is 1780 g/mol. The minimum absolute atomic E-state index is 0.0447. The quantitative estimate of drug-likeness (QED) is 0.130. The van der Waals surface area contributed by atoms with E-state index in [1.807, 2.05) is 121 Å². The molecule has 143 heavy (non-hydrogen) atoms. The zero-order valence-corrected chi connectivity index (χ0v) is 78.0. The SMILES string of the molecule is [2H]c1c([2H])c([2H])c(-c2ccc3sc4c(-n5c6ccccc6c6cc7ccccc7cc65)nc(-c5ccc([N+]#[C-])cc5)nc4c3c2)c([2H])c1[2H].[2H]c1c([2H])c([2H])c(-c2nc3c(c(-n4c5ccccc5c5cc6ccccc6cc54)n2)C(C)(C)c2cc(-c4ccc(C#N)cc4)ccc2-3)c([2H])c1[2H].c1ccc2cc(-c3ccc4oc5c(-n6c7ccccc7c7cc8ccccc8cc76)nc(-c6ccc7sc8ccccc8c7c6)nc5c4c3)ccc2c1. The summed E-state index contributed by atoms with van der Waals surface area (Å²) in [5.74, 6) is 3.23. The van der Waals surface area contributed by atoms with Crippen molar-refractivity contribution in [3.8, 4) is 102 Å². The molecule has 20 aromatic carbocycles. The summed E-state index contributed by atoms with van der Waals surface area (Å²) in [7, 11) is 0. The highest BCUT2D eigenvalue weighted by atomic mass is 32.1. The van der Waals surface area contributed by atoms with Crippen LogP contribution in [0.4, 0.5) is 5.69 Å². The van der Waals surface area contributed by atoms with E-state index in [1.54, 1.807) is 29.5 Å². The fraction of sp³-hybridized carbons (Fsp3) is 0.0233. The average molecular weight is 1870 g/mol. The second-order valence-corrected chi connectivity index (χ2v) is 38.8. The van der Waals surface area contributed by atoms with Gasteiger partial charge in [0.25, 0.3) is 0 Å². The molecule has 14 heteroatoms. The Labute approximate surface area is 841 Å². The van der Waals surface area contributed by atoms with Crippen molar-refractivity contribution in [2.24, 2.45) is 0 Å². The Hall–Kier alpha value is -18.7. The lowest BCUT2D eigenvalue weighted by Crippen LogP contribution is -2.20. The van der Waals surface area contributed by atoms with Crippen LogP contribution < -0.4 is 0 Å². The molecule has 0 unspecified atom stereocenters. The number of fused-ring (bicyclic) bond motifs is 25. The van der Waals surface area contributed by atoms with Crippen LogP contribution in [0.25, 0.3) is 272 Å². The van der Waals surface area contributed by atoms with Gasteiger partial charge in [-0.3, -0.25) is 13.7 Å². The number of hydrogen-bond donors (Lipinski definition) is 0. The van der Waals surface area contributed by atoms with E-state index in [-0.39, 0.29) is 53.2 Å². The van der Waals surface area contributed by atoms with E-state index in [9.17, 15) is 5.26 Å². The molecule has 0 saturated heterocycles. The molecule has 666 valence electrons. The first-order valence-corrected chi connectivity index (χ1v) is 48.6. The van der Waals surface area contributed by atoms with Gasteiger partial charge in [-0.1, -0.05) is 317 Å². The molecule has 0 spiro atoms. The van der Waals surface area contributed by atoms with Gasteiger partial charge >= 0.3 is 0 Å². The predicted octanol–water partition coefficient (Wildman–Crippen LogP) is 34.7. The number of benzene rings is 20. The molecule has 1 aliphatic carbocycles. The maximum Gasteiger partial charge on any atom is 0.197 e. The van der Waals surface area contributed by atoms with Gasteiger partial charge in [-0.2, -0.15) is 5.26 Å². The Balaban J connectivity index is 0.000000110. The third-order valence-electron chi connectivity index (χ3n) is 28.1. The van der Waals surface area contributed by atoms with Gasteiger partial charge in [-0.15, -0.1) is 22.7 Å². The minimum atomic E-state index is -0.602. The van der Waals surface area contributed by atoms with Crippen LogP contribution in [0.2, 0.25) is 0 Å². The summed E-state index contributed by atoms with van der Waals surface area (Å²) < 4.78 is 102. The van der Waals surface area contributed by atoms with Gasteiger partial charge in [0, 0.05) is 101 Å². The van der Waals surface area contributed by atoms with Crippen LogP contribution in [-0.4, -0.2) is 43.6 Å². The average Bonchev–Trinajstić information content (AvgIpc) is 1.96. The van der Waals surface area contributed by atoms with Crippen LogP contribution in [0.1, 0.15) is 44.2 Å². The molecule has 0 atom stereocenters. The van der Waals surface area contributed by atoms with Crippen molar-refractivity contribution in [1.29, 1.82) is 5.26 Å². The van der Waals surface area contributed by atoms with E-state index in [0.717, 1.165) is 163 Å². The van der Waals surface area contributed by atoms with Crippen molar-refractivity contribution in [2.45, 2.75) is 19.3 Å². The van der Waals surface area contributed by atoms with Crippen molar-refractivity contribution in [3.63, 3.8) is 0 Å². The van der Waals surface area contributed by atoms with Crippen LogP contribution in [0.15, 0.2) is 435 Å². The van der Waals surface area contributed by atoms with E-state index in [4.69, 9.17) is 54.6 Å². The van der Waals surface area contributed by atoms with Gasteiger partial charge in [0.05, 0.1) is 80.9 Å². The lowest BCUT2D eigenvalue weighted by molar-refractivity contribution is 0.651. The molecule has 1 aliphatic rings. The molecule has 0 amide bonds. The molecule has 0 radical (unpaired) electrons. The highest BCUT2D eigenvalue weighted by Gasteiger charge is 2.42. The molecule has 30 rings (SSSR count). The maximum absolute atomic E-state index is 9.35. The Morgan fingerprint density at radius 2 is 0.755 bits per heavy atom. The van der Waals surface area contributed by atoms with Gasteiger partial charge in [-0.25, -0.2) is 34.7 Å². The maximum atomic E-state index is 9.35. The fourth-order valence-electron chi connectivity index (χ4n) is 21.3. The number of aromatic nitrogens is 9. The summed E-state index contributed by atoms with van der Waals surface area (Å²) in [6.45, 7) is 11.7. The first-order valence-electron chi connectivity index (χ1n) is 52.0. The van der Waals surface area contributed by atoms with E-state index in [1.165, 1.54) is 52.5 Å². The van der Waals surface area contributed by atoms with E-state index in [0.29, 0.717) is 56.9 Å². The standard InChI is InChI=1S/C48H27N3OS.C42H28N4.C39H22N4S/c1-2-10-29-23-32(18-17-28(29)9-1)33-19-21-42-39(25-33)45-46(52-42)48(50-47(49-45)34-20-22-44-38(26-34)36-14-6-8-16-43(36)53-44)51-40-15-7-5-13-35(40)37-24-30-11-3-4-12-31(30)27-41(37)51;1-42(2)35-23-31(27-18-16-26(25-43)17-19-27)20-21-33(35)39-38(42)41(45-40(44-39)28-10-4-3-5-11-28)46-36-15-9-8-14-32(36)34-22-29-12-6-7-13-30(29)24-37(34)46;1-40-29-18-15-25(16-19-29)38-41-36-32-22-28(24-9-3-2-4-10-24)17-20-35(32)44-37(36)39(42-38)43-33-14-8-7-13-30(33)31-21-26-11-5-6-12-27(26)23-34(31)43/h1-27H;3-24H,1-2H3;2-23H/i;3D,4D,5D,10D,11D;2D,3D,4D,9D,10D. The fourth-order valence-corrected chi connectivity index (χ4v) is 23.5. The van der Waals surface area contributed by atoms with Gasteiger partial charge in [0.2, 0.25) is 0 Å². The molecule has 0 bridgehead atoms. The topological polar surface area (TPSA) is 133 Å². The molecule has 9 aromatic heterocycles. The van der Waals surface area contributed by atoms with Gasteiger partial charge in [0.15, 0.2) is 40.4 Å². The van der Waals surface area contributed by atoms with Crippen molar-refractivity contribution >= 4 is 199 Å². The summed E-state index contributed by atoms with van der Waals surface area (Å²) >= 11 is 3.37. The van der Waals surface area contributed by atoms with Crippen LogP contribution in [0.3, 0.4) is 0 Å². The highest BCUT2D eigenvalue weighted by molar-refractivity contribution is 7.26. The van der Waals surface area contributed by atoms with Gasteiger partial charge in [0.1, 0.15) is 16.9 Å². The highest BCUT2D eigenvalue weighted by Crippen LogP contribution is 2.54. The largest absolute Gasteiger partial charge is 0.450 e. The lowest BCUT2D eigenvalue weighted by Gasteiger charge is -2.25. The zero-order chi connectivity index (χ0) is 104. The predicted molar refractivity (Wildman–Crippen MR) is 593 cm³/mol. The molecule has 0 N–H and O–H groups in total. The third-order valence-corrected chi connectivity index (χ3v) is 30.4. The Kier molecular flexibility index (Phi) is 16.6. The number of para-hydroxylation sites is 3. The van der Waals surface area contributed by atoms with Crippen LogP contribution in [0.5, 0.6) is 0 Å². The summed E-state index contributed by atoms with van der Waals surface area (Å²) in [4.78, 5) is 35.0. The van der Waals surface area contributed by atoms with Gasteiger partial charge < -0.3 is 4.42 Å². The first-order chi connectivity index (χ1) is 74.6. The second kappa shape index (κ2) is 32.8. The molecule has 12 nitrogen and oxygen atoms in total. The minimum Gasteiger partial charge on any atom is -0.450 e. The van der Waals surface area contributed by atoms with Crippen molar-refractivity contribution < 1.29 is 18.1 Å². The molecule has 29 aromatic rings. The molecule has 0 saturated carbocycles. The van der Waals surface area contributed by atoms with Gasteiger partial charge in [-0.05, 0) is 209 Å². The molecule has 0 fully saturated rings. The van der Waals surface area contributed by atoms with E-state index >= 15 is 0 Å². The normalized spacial score (nSPS) is 13.3. The number of rotatable bonds is 9. The third kappa shape index (κ3) is 13.5. The summed E-state index contributed by atoms with van der Waals surface area (Å²) in [6.07, 6.45) is 0. The zero-order valence-electron chi connectivity index (χ0n) is 86.4. The lowest BCUT2D eigenvalue weighted by atomic mass is 9.81. The van der Waals surface area contributed by atoms with Crippen molar-refractivity contribution in [3.05, 3.63) is 459 Å².